The van der Waals surface area contributed by atoms with Crippen molar-refractivity contribution in [1.29, 1.82) is 0 Å². The van der Waals surface area contributed by atoms with Gasteiger partial charge in [0.25, 0.3) is 5.91 Å². The summed E-state index contributed by atoms with van der Waals surface area (Å²) in [5.74, 6) is 1.03. The largest absolute Gasteiger partial charge is 0.341 e. The summed E-state index contributed by atoms with van der Waals surface area (Å²) in [5, 5.41) is 3.04. The number of hydrogen-bond acceptors (Lipinski definition) is 4. The Balaban J connectivity index is 1.80. The fraction of sp³-hybridized carbons (Fsp3) is 0.357. The number of rotatable bonds is 4. The molecule has 1 saturated carbocycles. The first kappa shape index (κ1) is 13.5. The summed E-state index contributed by atoms with van der Waals surface area (Å²) in [6, 6.07) is 5.22. The van der Waals surface area contributed by atoms with E-state index in [1.165, 1.54) is 11.3 Å². The molecule has 0 aromatic carbocycles. The summed E-state index contributed by atoms with van der Waals surface area (Å²) in [6.07, 6.45) is 3.95. The number of hydrogen-bond donors (Lipinski definition) is 1. The molecule has 1 N–H and O–H groups in total. The Labute approximate surface area is 126 Å². The van der Waals surface area contributed by atoms with Crippen molar-refractivity contribution in [3.05, 3.63) is 45.1 Å². The van der Waals surface area contributed by atoms with Crippen molar-refractivity contribution in [2.24, 2.45) is 5.92 Å². The topological polar surface area (TPSA) is 54.9 Å². The SMILES string of the molecule is Cc1ccnc([C@@H](NC(=O)c2ccc(Cl)s2)C2CC2)n1. The average Bonchev–Trinajstić information content (AvgIpc) is 3.17. The number of thiophene rings is 1. The minimum atomic E-state index is -0.108. The highest BCUT2D eigenvalue weighted by molar-refractivity contribution is 7.17. The fourth-order valence-corrected chi connectivity index (χ4v) is 3.04. The number of halogens is 1. The molecule has 0 spiro atoms. The third kappa shape index (κ3) is 2.99. The van der Waals surface area contributed by atoms with Crippen LogP contribution in [-0.4, -0.2) is 15.9 Å². The van der Waals surface area contributed by atoms with Crippen LogP contribution < -0.4 is 5.32 Å². The Morgan fingerprint density at radius 1 is 1.45 bits per heavy atom. The lowest BCUT2D eigenvalue weighted by atomic mass is 10.1. The summed E-state index contributed by atoms with van der Waals surface area (Å²) in [6.45, 7) is 1.93. The average molecular weight is 308 g/mol. The first-order chi connectivity index (χ1) is 9.63. The highest BCUT2D eigenvalue weighted by Crippen LogP contribution is 2.40. The van der Waals surface area contributed by atoms with Gasteiger partial charge in [0.2, 0.25) is 0 Å². The molecule has 4 nitrogen and oxygen atoms in total. The second kappa shape index (κ2) is 5.50. The van der Waals surface area contributed by atoms with Crippen molar-refractivity contribution in [3.63, 3.8) is 0 Å². The molecule has 0 unspecified atom stereocenters. The van der Waals surface area contributed by atoms with Crippen molar-refractivity contribution in [1.82, 2.24) is 15.3 Å². The maximum absolute atomic E-state index is 12.2. The highest BCUT2D eigenvalue weighted by Gasteiger charge is 2.35. The van der Waals surface area contributed by atoms with Gasteiger partial charge in [-0.2, -0.15) is 0 Å². The standard InChI is InChI=1S/C14H14ClN3OS/c1-8-6-7-16-13(17-8)12(9-2-3-9)18-14(19)10-4-5-11(15)20-10/h4-7,9,12H,2-3H2,1H3,(H,18,19)/t12-/m0/s1. The minimum Gasteiger partial charge on any atom is -0.341 e. The van der Waals surface area contributed by atoms with Gasteiger partial charge in [-0.1, -0.05) is 11.6 Å². The van der Waals surface area contributed by atoms with Crippen LogP contribution in [0.25, 0.3) is 0 Å². The number of aromatic nitrogens is 2. The number of carbonyl (C=O) groups excluding carboxylic acids is 1. The Morgan fingerprint density at radius 2 is 2.25 bits per heavy atom. The summed E-state index contributed by atoms with van der Waals surface area (Å²) in [4.78, 5) is 21.6. The molecule has 6 heteroatoms. The zero-order valence-electron chi connectivity index (χ0n) is 11.0. The first-order valence-corrected chi connectivity index (χ1v) is 7.68. The molecule has 1 aliphatic rings. The second-order valence-corrected chi connectivity index (χ2v) is 6.66. The molecule has 2 aromatic rings. The van der Waals surface area contributed by atoms with Crippen LogP contribution in [0.2, 0.25) is 4.34 Å². The van der Waals surface area contributed by atoms with Crippen LogP contribution in [0.4, 0.5) is 0 Å². The maximum atomic E-state index is 12.2. The van der Waals surface area contributed by atoms with Crippen LogP contribution in [0.5, 0.6) is 0 Å². The van der Waals surface area contributed by atoms with Crippen molar-refractivity contribution >= 4 is 28.8 Å². The van der Waals surface area contributed by atoms with Crippen LogP contribution in [0.15, 0.2) is 24.4 Å². The second-order valence-electron chi connectivity index (χ2n) is 4.95. The zero-order chi connectivity index (χ0) is 14.1. The summed E-state index contributed by atoms with van der Waals surface area (Å²) < 4.78 is 0.616. The molecule has 1 fully saturated rings. The third-order valence-corrected chi connectivity index (χ3v) is 4.50. The van der Waals surface area contributed by atoms with Crippen molar-refractivity contribution in [2.75, 3.05) is 0 Å². The Kier molecular flexibility index (Phi) is 3.72. The lowest BCUT2D eigenvalue weighted by Gasteiger charge is -2.16. The number of amides is 1. The van der Waals surface area contributed by atoms with E-state index in [2.05, 4.69) is 15.3 Å². The monoisotopic (exact) mass is 307 g/mol. The molecule has 20 heavy (non-hydrogen) atoms. The van der Waals surface area contributed by atoms with Gasteiger partial charge < -0.3 is 5.32 Å². The van der Waals surface area contributed by atoms with Crippen LogP contribution in [0.3, 0.4) is 0 Å². The molecule has 1 atom stereocenters. The Morgan fingerprint density at radius 3 is 2.85 bits per heavy atom. The minimum absolute atomic E-state index is 0.107. The zero-order valence-corrected chi connectivity index (χ0v) is 12.5. The van der Waals surface area contributed by atoms with E-state index < -0.39 is 0 Å². The maximum Gasteiger partial charge on any atom is 0.262 e. The van der Waals surface area contributed by atoms with Crippen LogP contribution >= 0.6 is 22.9 Å². The first-order valence-electron chi connectivity index (χ1n) is 6.49. The fourth-order valence-electron chi connectivity index (χ4n) is 2.09. The van der Waals surface area contributed by atoms with Crippen molar-refractivity contribution in [3.8, 4) is 0 Å². The van der Waals surface area contributed by atoms with Gasteiger partial charge in [0.1, 0.15) is 0 Å². The molecule has 0 aliphatic heterocycles. The normalized spacial score (nSPS) is 15.9. The molecule has 1 aliphatic carbocycles. The van der Waals surface area contributed by atoms with Gasteiger partial charge in [0.15, 0.2) is 5.82 Å². The molecule has 2 aromatic heterocycles. The molecular weight excluding hydrogens is 294 g/mol. The number of nitrogens with one attached hydrogen (secondary N) is 1. The summed E-state index contributed by atoms with van der Waals surface area (Å²) >= 11 is 7.15. The van der Waals surface area contributed by atoms with E-state index in [9.17, 15) is 4.79 Å². The molecule has 0 radical (unpaired) electrons. The quantitative estimate of drug-likeness (QED) is 0.942. The van der Waals surface area contributed by atoms with E-state index in [1.807, 2.05) is 13.0 Å². The van der Waals surface area contributed by atoms with Gasteiger partial charge in [-0.15, -0.1) is 11.3 Å². The number of aryl methyl sites for hydroxylation is 1. The van der Waals surface area contributed by atoms with E-state index >= 15 is 0 Å². The predicted molar refractivity (Wildman–Crippen MR) is 79.0 cm³/mol. The van der Waals surface area contributed by atoms with Gasteiger partial charge in [-0.3, -0.25) is 4.79 Å². The van der Waals surface area contributed by atoms with E-state index in [0.29, 0.717) is 21.0 Å². The van der Waals surface area contributed by atoms with Gasteiger partial charge in [-0.05, 0) is 43.9 Å². The third-order valence-electron chi connectivity index (χ3n) is 3.27. The van der Waals surface area contributed by atoms with Crippen LogP contribution in [0.1, 0.15) is 40.1 Å². The molecule has 104 valence electrons. The molecule has 1 amide bonds. The Bertz CT molecular complexity index is 639. The molecule has 0 saturated heterocycles. The Hall–Kier alpha value is -1.46. The van der Waals surface area contributed by atoms with Gasteiger partial charge >= 0.3 is 0 Å². The van der Waals surface area contributed by atoms with E-state index in [0.717, 1.165) is 18.5 Å². The lowest BCUT2D eigenvalue weighted by molar-refractivity contribution is 0.0933. The molecular formula is C14H14ClN3OS. The van der Waals surface area contributed by atoms with Gasteiger partial charge in [0, 0.05) is 11.9 Å². The highest BCUT2D eigenvalue weighted by atomic mass is 35.5. The summed E-state index contributed by atoms with van der Waals surface area (Å²) in [5.41, 5.74) is 0.911. The molecule has 0 bridgehead atoms. The smallest absolute Gasteiger partial charge is 0.262 e. The predicted octanol–water partition coefficient (Wildman–Crippen LogP) is 3.38. The van der Waals surface area contributed by atoms with E-state index in [-0.39, 0.29) is 11.9 Å². The van der Waals surface area contributed by atoms with Crippen LogP contribution in [0, 0.1) is 12.8 Å². The van der Waals surface area contributed by atoms with E-state index in [1.54, 1.807) is 18.3 Å². The van der Waals surface area contributed by atoms with Crippen LogP contribution in [-0.2, 0) is 0 Å². The molecule has 3 rings (SSSR count). The van der Waals surface area contributed by atoms with E-state index in [4.69, 9.17) is 11.6 Å². The van der Waals surface area contributed by atoms with Gasteiger partial charge in [-0.25, -0.2) is 9.97 Å². The number of carbonyl (C=O) groups is 1. The van der Waals surface area contributed by atoms with Crippen molar-refractivity contribution in [2.45, 2.75) is 25.8 Å². The summed E-state index contributed by atoms with van der Waals surface area (Å²) in [7, 11) is 0. The number of nitrogens with zero attached hydrogens (tertiary/aromatic N) is 2. The van der Waals surface area contributed by atoms with Crippen molar-refractivity contribution < 1.29 is 4.79 Å². The van der Waals surface area contributed by atoms with Gasteiger partial charge in [0.05, 0.1) is 15.3 Å². The lowest BCUT2D eigenvalue weighted by Crippen LogP contribution is -2.30. The molecule has 2 heterocycles.